The topological polar surface area (TPSA) is 62.0 Å². The quantitative estimate of drug-likeness (QED) is 0.748. The van der Waals surface area contributed by atoms with Crippen LogP contribution in [0.25, 0.3) is 0 Å². The SMILES string of the molecule is CC(=O)c1ccc(C(=O)NCCC(C)C)[nH]1. The van der Waals surface area contributed by atoms with Gasteiger partial charge in [0.2, 0.25) is 0 Å². The fourth-order valence-electron chi connectivity index (χ4n) is 1.30. The van der Waals surface area contributed by atoms with Crippen LogP contribution < -0.4 is 5.32 Å². The molecule has 0 unspecified atom stereocenters. The van der Waals surface area contributed by atoms with Gasteiger partial charge in [-0.1, -0.05) is 13.8 Å². The highest BCUT2D eigenvalue weighted by Crippen LogP contribution is 2.03. The monoisotopic (exact) mass is 222 g/mol. The van der Waals surface area contributed by atoms with Crippen molar-refractivity contribution in [1.82, 2.24) is 10.3 Å². The van der Waals surface area contributed by atoms with Crippen molar-refractivity contribution in [2.24, 2.45) is 5.92 Å². The van der Waals surface area contributed by atoms with Gasteiger partial charge in [0.15, 0.2) is 5.78 Å². The molecule has 1 rings (SSSR count). The Kier molecular flexibility index (Phi) is 4.28. The van der Waals surface area contributed by atoms with Crippen LogP contribution in [-0.2, 0) is 0 Å². The van der Waals surface area contributed by atoms with Crippen LogP contribution in [0, 0.1) is 5.92 Å². The lowest BCUT2D eigenvalue weighted by Crippen LogP contribution is -2.25. The third-order valence-corrected chi connectivity index (χ3v) is 2.32. The molecule has 0 aromatic carbocycles. The Hall–Kier alpha value is -1.58. The van der Waals surface area contributed by atoms with Gasteiger partial charge < -0.3 is 10.3 Å². The van der Waals surface area contributed by atoms with E-state index < -0.39 is 0 Å². The van der Waals surface area contributed by atoms with Crippen molar-refractivity contribution in [3.63, 3.8) is 0 Å². The number of H-pyrrole nitrogens is 1. The van der Waals surface area contributed by atoms with E-state index in [4.69, 9.17) is 0 Å². The second-order valence-corrected chi connectivity index (χ2v) is 4.28. The molecule has 0 radical (unpaired) electrons. The van der Waals surface area contributed by atoms with Gasteiger partial charge in [0.25, 0.3) is 5.91 Å². The van der Waals surface area contributed by atoms with Gasteiger partial charge in [0.05, 0.1) is 5.69 Å². The molecule has 1 amide bonds. The molecule has 0 atom stereocenters. The van der Waals surface area contributed by atoms with E-state index >= 15 is 0 Å². The van der Waals surface area contributed by atoms with Gasteiger partial charge in [-0.3, -0.25) is 9.59 Å². The second kappa shape index (κ2) is 5.49. The highest BCUT2D eigenvalue weighted by atomic mass is 16.2. The van der Waals surface area contributed by atoms with E-state index in [-0.39, 0.29) is 11.7 Å². The summed E-state index contributed by atoms with van der Waals surface area (Å²) < 4.78 is 0. The second-order valence-electron chi connectivity index (χ2n) is 4.28. The molecule has 0 spiro atoms. The Labute approximate surface area is 95.4 Å². The Morgan fingerprint density at radius 2 is 1.94 bits per heavy atom. The van der Waals surface area contributed by atoms with Gasteiger partial charge in [0.1, 0.15) is 5.69 Å². The zero-order valence-corrected chi connectivity index (χ0v) is 9.96. The number of hydrogen-bond donors (Lipinski definition) is 2. The third kappa shape index (κ3) is 3.53. The predicted octanol–water partition coefficient (Wildman–Crippen LogP) is 1.99. The number of amides is 1. The summed E-state index contributed by atoms with van der Waals surface area (Å²) in [6.07, 6.45) is 0.950. The summed E-state index contributed by atoms with van der Waals surface area (Å²) in [4.78, 5) is 25.4. The molecular weight excluding hydrogens is 204 g/mol. The van der Waals surface area contributed by atoms with E-state index in [1.807, 2.05) is 0 Å². The molecule has 16 heavy (non-hydrogen) atoms. The molecular formula is C12H18N2O2. The normalized spacial score (nSPS) is 10.5. The zero-order valence-electron chi connectivity index (χ0n) is 9.96. The smallest absolute Gasteiger partial charge is 0.267 e. The molecule has 0 aliphatic carbocycles. The molecule has 4 heteroatoms. The molecule has 0 fully saturated rings. The van der Waals surface area contributed by atoms with Crippen molar-refractivity contribution in [1.29, 1.82) is 0 Å². The van der Waals surface area contributed by atoms with E-state index in [2.05, 4.69) is 24.1 Å². The van der Waals surface area contributed by atoms with Crippen LogP contribution in [0.15, 0.2) is 12.1 Å². The van der Waals surface area contributed by atoms with Crippen LogP contribution in [0.5, 0.6) is 0 Å². The van der Waals surface area contributed by atoms with Crippen molar-refractivity contribution in [2.45, 2.75) is 27.2 Å². The largest absolute Gasteiger partial charge is 0.351 e. The first-order valence-corrected chi connectivity index (χ1v) is 5.49. The number of Topliss-reactive ketones (excluding diaryl/α,β-unsaturated/α-hetero) is 1. The summed E-state index contributed by atoms with van der Waals surface area (Å²) in [7, 11) is 0. The molecule has 0 bridgehead atoms. The summed E-state index contributed by atoms with van der Waals surface area (Å²) >= 11 is 0. The lowest BCUT2D eigenvalue weighted by molar-refractivity contribution is 0.0947. The summed E-state index contributed by atoms with van der Waals surface area (Å²) in [6.45, 7) is 6.33. The highest BCUT2D eigenvalue weighted by molar-refractivity contribution is 5.97. The Bertz CT molecular complexity index is 380. The fraction of sp³-hybridized carbons (Fsp3) is 0.500. The van der Waals surface area contributed by atoms with Crippen LogP contribution in [0.2, 0.25) is 0 Å². The Balaban J connectivity index is 2.50. The van der Waals surface area contributed by atoms with E-state index in [0.29, 0.717) is 23.9 Å². The maximum atomic E-state index is 11.6. The minimum atomic E-state index is -0.159. The maximum absolute atomic E-state index is 11.6. The van der Waals surface area contributed by atoms with Crippen molar-refractivity contribution >= 4 is 11.7 Å². The molecule has 88 valence electrons. The average Bonchev–Trinajstić information content (AvgIpc) is 2.65. The summed E-state index contributed by atoms with van der Waals surface area (Å²) in [5.41, 5.74) is 0.906. The molecule has 1 aromatic heterocycles. The minimum Gasteiger partial charge on any atom is -0.351 e. The van der Waals surface area contributed by atoms with Crippen LogP contribution in [-0.4, -0.2) is 23.2 Å². The summed E-state index contributed by atoms with van der Waals surface area (Å²) in [6, 6.07) is 3.25. The van der Waals surface area contributed by atoms with Crippen LogP contribution in [0.4, 0.5) is 0 Å². The number of ketones is 1. The molecule has 1 aromatic rings. The molecule has 0 saturated heterocycles. The Morgan fingerprint density at radius 1 is 1.31 bits per heavy atom. The van der Waals surface area contributed by atoms with E-state index in [1.165, 1.54) is 6.92 Å². The molecule has 0 aliphatic heterocycles. The predicted molar refractivity (Wildman–Crippen MR) is 62.6 cm³/mol. The number of rotatable bonds is 5. The number of carbonyl (C=O) groups is 2. The first-order chi connectivity index (χ1) is 7.50. The third-order valence-electron chi connectivity index (χ3n) is 2.32. The first-order valence-electron chi connectivity index (χ1n) is 5.49. The Morgan fingerprint density at radius 3 is 2.44 bits per heavy atom. The minimum absolute atomic E-state index is 0.0683. The number of nitrogens with one attached hydrogen (secondary N) is 2. The van der Waals surface area contributed by atoms with E-state index in [9.17, 15) is 9.59 Å². The standard InChI is InChI=1S/C12H18N2O2/c1-8(2)6-7-13-12(16)11-5-4-10(14-11)9(3)15/h4-5,8,14H,6-7H2,1-3H3,(H,13,16). The van der Waals surface area contributed by atoms with E-state index in [0.717, 1.165) is 6.42 Å². The lowest BCUT2D eigenvalue weighted by atomic mass is 10.1. The molecule has 0 aliphatic rings. The van der Waals surface area contributed by atoms with Gasteiger partial charge in [0, 0.05) is 13.5 Å². The van der Waals surface area contributed by atoms with Gasteiger partial charge in [-0.05, 0) is 24.5 Å². The number of hydrogen-bond acceptors (Lipinski definition) is 2. The van der Waals surface area contributed by atoms with Gasteiger partial charge in [-0.25, -0.2) is 0 Å². The average molecular weight is 222 g/mol. The van der Waals surface area contributed by atoms with Crippen LogP contribution in [0.1, 0.15) is 48.2 Å². The maximum Gasteiger partial charge on any atom is 0.267 e. The summed E-state index contributed by atoms with van der Waals surface area (Å²) in [5.74, 6) is 0.339. The van der Waals surface area contributed by atoms with Gasteiger partial charge in [-0.15, -0.1) is 0 Å². The highest BCUT2D eigenvalue weighted by Gasteiger charge is 2.09. The van der Waals surface area contributed by atoms with Crippen LogP contribution >= 0.6 is 0 Å². The summed E-state index contributed by atoms with van der Waals surface area (Å²) in [5, 5.41) is 2.80. The number of aromatic amines is 1. The number of carbonyl (C=O) groups excluding carboxylic acids is 2. The molecule has 1 heterocycles. The van der Waals surface area contributed by atoms with Crippen LogP contribution in [0.3, 0.4) is 0 Å². The van der Waals surface area contributed by atoms with Crippen molar-refractivity contribution in [3.05, 3.63) is 23.5 Å². The van der Waals surface area contributed by atoms with Crippen molar-refractivity contribution in [2.75, 3.05) is 6.54 Å². The fourth-order valence-corrected chi connectivity index (χ4v) is 1.30. The van der Waals surface area contributed by atoms with E-state index in [1.54, 1.807) is 12.1 Å². The lowest BCUT2D eigenvalue weighted by Gasteiger charge is -2.05. The van der Waals surface area contributed by atoms with Gasteiger partial charge in [-0.2, -0.15) is 0 Å². The van der Waals surface area contributed by atoms with Gasteiger partial charge >= 0.3 is 0 Å². The molecule has 4 nitrogen and oxygen atoms in total. The molecule has 0 saturated carbocycles. The van der Waals surface area contributed by atoms with Crippen molar-refractivity contribution < 1.29 is 9.59 Å². The zero-order chi connectivity index (χ0) is 12.1. The number of aromatic nitrogens is 1. The molecule has 2 N–H and O–H groups in total. The van der Waals surface area contributed by atoms with Crippen molar-refractivity contribution in [3.8, 4) is 0 Å². The first kappa shape index (κ1) is 12.5.